The van der Waals surface area contributed by atoms with Crippen LogP contribution in [0.4, 0.5) is 4.79 Å². The van der Waals surface area contributed by atoms with E-state index in [4.69, 9.17) is 16.3 Å². The van der Waals surface area contributed by atoms with Crippen LogP contribution >= 0.6 is 11.6 Å². The lowest BCUT2D eigenvalue weighted by atomic mass is 9.98. The standard InChI is InChI=1S/C15H11ClN4O4/c1-6-3-2-4-20-12(6)19-11(16)9(13(20)21)10-8-7(5-24-14(8)22)17-15(23)18-10/h2-4,10H,5H2,1H3,(H2,17,18,23)/t10-/m0/s1. The third kappa shape index (κ3) is 2.00. The SMILES string of the molecule is Cc1cccn2c(=O)c([C@H]3NC(=O)NC4=C3C(=O)OC4)c(Cl)nc12. The van der Waals surface area contributed by atoms with E-state index < -0.39 is 23.6 Å². The molecule has 122 valence electrons. The molecule has 0 fully saturated rings. The van der Waals surface area contributed by atoms with E-state index in [2.05, 4.69) is 15.6 Å². The average molecular weight is 347 g/mol. The zero-order valence-corrected chi connectivity index (χ0v) is 13.2. The molecule has 2 aliphatic rings. The molecule has 0 bridgehead atoms. The number of pyridine rings is 1. The summed E-state index contributed by atoms with van der Waals surface area (Å²) in [5.41, 5.74) is 1.27. The number of carbonyl (C=O) groups excluding carboxylic acids is 2. The predicted octanol–water partition coefficient (Wildman–Crippen LogP) is 0.821. The molecule has 0 saturated carbocycles. The van der Waals surface area contributed by atoms with Crippen LogP contribution in [0.2, 0.25) is 5.15 Å². The van der Waals surface area contributed by atoms with Gasteiger partial charge < -0.3 is 15.4 Å². The second-order valence-electron chi connectivity index (χ2n) is 5.51. The van der Waals surface area contributed by atoms with E-state index in [1.54, 1.807) is 25.3 Å². The maximum atomic E-state index is 12.9. The molecule has 0 radical (unpaired) electrons. The van der Waals surface area contributed by atoms with Crippen LogP contribution in [0, 0.1) is 6.92 Å². The van der Waals surface area contributed by atoms with Gasteiger partial charge in [-0.25, -0.2) is 14.6 Å². The Labute approximate surface area is 140 Å². The Hall–Kier alpha value is -2.87. The first-order valence-electron chi connectivity index (χ1n) is 7.12. The smallest absolute Gasteiger partial charge is 0.338 e. The number of fused-ring (bicyclic) bond motifs is 1. The molecule has 9 heteroatoms. The Kier molecular flexibility index (Phi) is 3.10. The lowest BCUT2D eigenvalue weighted by Gasteiger charge is -2.24. The van der Waals surface area contributed by atoms with Crippen LogP contribution in [0.3, 0.4) is 0 Å². The molecule has 4 heterocycles. The van der Waals surface area contributed by atoms with E-state index in [0.29, 0.717) is 11.3 Å². The number of hydrogen-bond acceptors (Lipinski definition) is 5. The molecule has 0 aromatic carbocycles. The Morgan fingerprint density at radius 1 is 1.38 bits per heavy atom. The fraction of sp³-hybridized carbons (Fsp3) is 0.200. The van der Waals surface area contributed by atoms with Crippen LogP contribution in [0.1, 0.15) is 17.2 Å². The summed E-state index contributed by atoms with van der Waals surface area (Å²) in [7, 11) is 0. The number of ether oxygens (including phenoxy) is 1. The maximum absolute atomic E-state index is 12.9. The van der Waals surface area contributed by atoms with Crippen LogP contribution < -0.4 is 16.2 Å². The summed E-state index contributed by atoms with van der Waals surface area (Å²) in [4.78, 5) is 41.0. The zero-order valence-electron chi connectivity index (χ0n) is 12.4. The Bertz CT molecular complexity index is 1010. The number of nitrogens with one attached hydrogen (secondary N) is 2. The highest BCUT2D eigenvalue weighted by Crippen LogP contribution is 2.32. The minimum atomic E-state index is -1.01. The van der Waals surface area contributed by atoms with Crippen LogP contribution in [0.25, 0.3) is 5.65 Å². The molecule has 2 aliphatic heterocycles. The lowest BCUT2D eigenvalue weighted by molar-refractivity contribution is -0.136. The summed E-state index contributed by atoms with van der Waals surface area (Å²) in [5.74, 6) is -0.604. The van der Waals surface area contributed by atoms with Gasteiger partial charge in [0.05, 0.1) is 22.9 Å². The number of aromatic nitrogens is 2. The molecule has 0 saturated heterocycles. The third-order valence-electron chi connectivity index (χ3n) is 4.05. The van der Waals surface area contributed by atoms with Crippen molar-refractivity contribution in [3.05, 3.63) is 56.2 Å². The molecule has 1 atom stereocenters. The molecule has 2 N–H and O–H groups in total. The first-order valence-corrected chi connectivity index (χ1v) is 7.50. The molecule has 8 nitrogen and oxygen atoms in total. The average Bonchev–Trinajstić information content (AvgIpc) is 2.89. The number of nitrogens with zero attached hydrogens (tertiary/aromatic N) is 2. The summed E-state index contributed by atoms with van der Waals surface area (Å²) in [5, 5.41) is 4.99. The second-order valence-corrected chi connectivity index (χ2v) is 5.86. The number of esters is 1. The summed E-state index contributed by atoms with van der Waals surface area (Å²) in [6.07, 6.45) is 1.56. The molecule has 0 spiro atoms. The van der Waals surface area contributed by atoms with Crippen molar-refractivity contribution in [1.29, 1.82) is 0 Å². The third-order valence-corrected chi connectivity index (χ3v) is 4.34. The van der Waals surface area contributed by atoms with Crippen molar-refractivity contribution in [2.24, 2.45) is 0 Å². The molecular formula is C15H11ClN4O4. The van der Waals surface area contributed by atoms with Gasteiger partial charge in [-0.2, -0.15) is 0 Å². The van der Waals surface area contributed by atoms with E-state index in [1.807, 2.05) is 0 Å². The number of carbonyl (C=O) groups is 2. The van der Waals surface area contributed by atoms with Crippen molar-refractivity contribution in [2.45, 2.75) is 13.0 Å². The van der Waals surface area contributed by atoms with Crippen LogP contribution in [0.15, 0.2) is 34.4 Å². The number of aryl methyl sites for hydroxylation is 1. The Balaban J connectivity index is 2.00. The number of hydrogen-bond donors (Lipinski definition) is 2. The van der Waals surface area contributed by atoms with Crippen LogP contribution in [-0.2, 0) is 9.53 Å². The van der Waals surface area contributed by atoms with Gasteiger partial charge in [0.15, 0.2) is 0 Å². The molecular weight excluding hydrogens is 336 g/mol. The number of amides is 2. The first kappa shape index (κ1) is 14.7. The number of halogens is 1. The van der Waals surface area contributed by atoms with Crippen LogP contribution in [0.5, 0.6) is 0 Å². The van der Waals surface area contributed by atoms with Gasteiger partial charge in [0.25, 0.3) is 5.56 Å². The van der Waals surface area contributed by atoms with E-state index in [-0.39, 0.29) is 22.9 Å². The van der Waals surface area contributed by atoms with Crippen molar-refractivity contribution in [1.82, 2.24) is 20.0 Å². The monoisotopic (exact) mass is 346 g/mol. The van der Waals surface area contributed by atoms with Gasteiger partial charge in [0.1, 0.15) is 17.4 Å². The summed E-state index contributed by atoms with van der Waals surface area (Å²) in [6, 6.07) is 1.97. The lowest BCUT2D eigenvalue weighted by Crippen LogP contribution is -2.46. The zero-order chi connectivity index (χ0) is 17.0. The molecule has 2 aromatic rings. The van der Waals surface area contributed by atoms with E-state index in [1.165, 1.54) is 4.40 Å². The number of urea groups is 1. The Morgan fingerprint density at radius 2 is 2.17 bits per heavy atom. The summed E-state index contributed by atoms with van der Waals surface area (Å²) >= 11 is 6.23. The van der Waals surface area contributed by atoms with Crippen molar-refractivity contribution < 1.29 is 14.3 Å². The molecule has 0 unspecified atom stereocenters. The Morgan fingerprint density at radius 3 is 2.96 bits per heavy atom. The van der Waals surface area contributed by atoms with E-state index >= 15 is 0 Å². The molecule has 24 heavy (non-hydrogen) atoms. The minimum Gasteiger partial charge on any atom is -0.456 e. The molecule has 0 aliphatic carbocycles. The molecule has 4 rings (SSSR count). The normalized spacial score (nSPS) is 19.8. The van der Waals surface area contributed by atoms with E-state index in [0.717, 1.165) is 5.56 Å². The maximum Gasteiger partial charge on any atom is 0.338 e. The molecule has 2 amide bonds. The highest BCUT2D eigenvalue weighted by atomic mass is 35.5. The fourth-order valence-corrected chi connectivity index (χ4v) is 3.20. The quantitative estimate of drug-likeness (QED) is 0.588. The number of rotatable bonds is 1. The van der Waals surface area contributed by atoms with Gasteiger partial charge in [-0.15, -0.1) is 0 Å². The van der Waals surface area contributed by atoms with Crippen molar-refractivity contribution in [3.63, 3.8) is 0 Å². The van der Waals surface area contributed by atoms with Gasteiger partial charge in [-0.1, -0.05) is 17.7 Å². The highest BCUT2D eigenvalue weighted by molar-refractivity contribution is 6.30. The van der Waals surface area contributed by atoms with E-state index in [9.17, 15) is 14.4 Å². The summed E-state index contributed by atoms with van der Waals surface area (Å²) < 4.78 is 6.28. The summed E-state index contributed by atoms with van der Waals surface area (Å²) in [6.45, 7) is 1.76. The van der Waals surface area contributed by atoms with Crippen molar-refractivity contribution >= 4 is 29.2 Å². The largest absolute Gasteiger partial charge is 0.456 e. The molecule has 2 aromatic heterocycles. The van der Waals surface area contributed by atoms with Crippen molar-refractivity contribution in [3.8, 4) is 0 Å². The van der Waals surface area contributed by atoms with Crippen molar-refractivity contribution in [2.75, 3.05) is 6.61 Å². The first-order chi connectivity index (χ1) is 11.5. The van der Waals surface area contributed by atoms with Gasteiger partial charge in [-0.3, -0.25) is 9.20 Å². The van der Waals surface area contributed by atoms with Gasteiger partial charge in [0, 0.05) is 6.20 Å². The van der Waals surface area contributed by atoms with Gasteiger partial charge in [-0.05, 0) is 18.6 Å². The number of cyclic esters (lactones) is 1. The topological polar surface area (TPSA) is 102 Å². The fourth-order valence-electron chi connectivity index (χ4n) is 2.93. The second kappa shape index (κ2) is 5.07. The van der Waals surface area contributed by atoms with Gasteiger partial charge in [0.2, 0.25) is 0 Å². The van der Waals surface area contributed by atoms with Gasteiger partial charge >= 0.3 is 12.0 Å². The van der Waals surface area contributed by atoms with Crippen LogP contribution in [-0.4, -0.2) is 28.0 Å². The minimum absolute atomic E-state index is 0.0287. The highest BCUT2D eigenvalue weighted by Gasteiger charge is 2.40. The predicted molar refractivity (Wildman–Crippen MR) is 83.6 cm³/mol.